The zero-order valence-electron chi connectivity index (χ0n) is 51.7. The topological polar surface area (TPSA) is 200 Å². The summed E-state index contributed by atoms with van der Waals surface area (Å²) in [6, 6.07) is 36.6. The largest absolute Gasteiger partial charge is 0.472 e. The Kier molecular flexibility index (Phi) is 39.5. The van der Waals surface area contributed by atoms with E-state index in [4.69, 9.17) is 17.7 Å². The molecule has 0 aliphatic carbocycles. The van der Waals surface area contributed by atoms with E-state index in [2.05, 4.69) is 147 Å². The van der Waals surface area contributed by atoms with Crippen molar-refractivity contribution in [2.75, 3.05) is 0 Å². The minimum atomic E-state index is 0.718. The monoisotopic (exact) mass is 1240 g/mol. The number of benzene rings is 1. The molecule has 0 saturated carbocycles. The lowest BCUT2D eigenvalue weighted by molar-refractivity contribution is 0.397. The summed E-state index contributed by atoms with van der Waals surface area (Å²) in [5, 5.41) is 14.6. The van der Waals surface area contributed by atoms with Crippen LogP contribution in [0.1, 0.15) is 76.5 Å². The molecule has 0 radical (unpaired) electrons. The summed E-state index contributed by atoms with van der Waals surface area (Å²) in [4.78, 5) is 18.1. The van der Waals surface area contributed by atoms with E-state index in [9.17, 15) is 0 Å². The Bertz CT molecular complexity index is 2910. The van der Waals surface area contributed by atoms with E-state index in [0.717, 1.165) is 45.8 Å². The summed E-state index contributed by atoms with van der Waals surface area (Å²) < 4.78 is 43.1. The molecule has 20 heteroatoms. The van der Waals surface area contributed by atoms with Crippen LogP contribution in [0.5, 0.6) is 0 Å². The number of hydrogen-bond donors (Lipinski definition) is 0. The average molecular weight is 1240 g/mol. The van der Waals surface area contributed by atoms with Crippen LogP contribution in [-0.4, -0.2) is 39.4 Å². The zero-order chi connectivity index (χ0) is 63.0. The van der Waals surface area contributed by atoms with Crippen LogP contribution < -0.4 is 0 Å². The Morgan fingerprint density at radius 1 is 0.465 bits per heavy atom. The Morgan fingerprint density at radius 2 is 1.20 bits per heavy atom. The van der Waals surface area contributed by atoms with Crippen molar-refractivity contribution in [3.63, 3.8) is 0 Å². The number of nitrogens with zero attached hydrogens (tertiary/aromatic N) is 8. The lowest BCUT2D eigenvalue weighted by atomic mass is 10.2. The van der Waals surface area contributed by atoms with Crippen molar-refractivity contribution in [2.24, 2.45) is 7.05 Å². The zero-order valence-corrected chi connectivity index (χ0v) is 54.9. The molecule has 0 amide bonds. The molecular formula is C66H80N8O8S4. The van der Waals surface area contributed by atoms with Crippen LogP contribution in [0.25, 0.3) is 10.4 Å². The fourth-order valence-corrected chi connectivity index (χ4v) is 8.26. The van der Waals surface area contributed by atoms with Gasteiger partial charge in [0.2, 0.25) is 0 Å². The molecular weight excluding hydrogens is 1160 g/mol. The quantitative estimate of drug-likeness (QED) is 0.150. The fraction of sp³-hybridized carbons (Fsp3) is 0.227. The fourth-order valence-electron chi connectivity index (χ4n) is 5.37. The molecule has 86 heavy (non-hydrogen) atoms. The molecule has 0 spiro atoms. The maximum Gasteiger partial charge on any atom is 0.190 e. The van der Waals surface area contributed by atoms with Crippen LogP contribution in [0.15, 0.2) is 249 Å². The number of thiophene rings is 3. The molecule has 14 aromatic rings. The molecule has 13 heterocycles. The molecule has 0 saturated heterocycles. The van der Waals surface area contributed by atoms with Crippen LogP contribution in [0.3, 0.4) is 0 Å². The highest BCUT2D eigenvalue weighted by atomic mass is 32.1. The Morgan fingerprint density at radius 3 is 1.42 bits per heavy atom. The third-order valence-corrected chi connectivity index (χ3v) is 13.1. The number of hydrogen-bond acceptors (Lipinski definition) is 19. The summed E-state index contributed by atoms with van der Waals surface area (Å²) in [7, 11) is 2.00. The molecule has 0 aliphatic rings. The van der Waals surface area contributed by atoms with Gasteiger partial charge in [0.15, 0.2) is 18.7 Å². The summed E-state index contributed by atoms with van der Waals surface area (Å²) in [6.45, 7) is 27.7. The number of aryl methyl sites for hydroxylation is 15. The average Bonchev–Trinajstić information content (AvgIpc) is 4.38. The van der Waals surface area contributed by atoms with Crippen molar-refractivity contribution < 1.29 is 35.7 Å². The highest BCUT2D eigenvalue weighted by Crippen LogP contribution is 2.27. The maximum atomic E-state index is 4.83. The lowest BCUT2D eigenvalue weighted by Crippen LogP contribution is -1.75. The minimum absolute atomic E-state index is 0.718. The van der Waals surface area contributed by atoms with Crippen LogP contribution in [0, 0.1) is 96.9 Å². The molecule has 1 aromatic carbocycles. The molecule has 456 valence electrons. The Hall–Kier alpha value is -8.95. The normalized spacial score (nSPS) is 9.10. The van der Waals surface area contributed by atoms with Gasteiger partial charge in [0.1, 0.15) is 42.3 Å². The van der Waals surface area contributed by atoms with Crippen LogP contribution >= 0.6 is 45.5 Å². The highest BCUT2D eigenvalue weighted by Gasteiger charge is 1.98. The van der Waals surface area contributed by atoms with E-state index in [1.807, 2.05) is 150 Å². The summed E-state index contributed by atoms with van der Waals surface area (Å²) in [6.07, 6.45) is 24.7. The second kappa shape index (κ2) is 46.4. The van der Waals surface area contributed by atoms with Gasteiger partial charge in [-0.05, 0) is 190 Å². The maximum absolute atomic E-state index is 4.83. The van der Waals surface area contributed by atoms with Crippen molar-refractivity contribution in [1.82, 2.24) is 39.4 Å². The first-order valence-electron chi connectivity index (χ1n) is 26.6. The van der Waals surface area contributed by atoms with E-state index in [1.165, 1.54) is 65.4 Å². The van der Waals surface area contributed by atoms with Crippen molar-refractivity contribution in [2.45, 2.75) is 96.9 Å². The SMILES string of the molecule is Cc1ccc(-c2ccccc2)s1.Cc1ccc(C)s1.Cc1ccco1.Cc1ccno1.Cc1ccoc1.Cc1ccon1.Cc1ccsn1.Cc1cnco1.Cc1cnoc1.Cc1cocn1.Cc1csc(C)c1.Cc1ncco1.Cn1cccc1. The number of rotatable bonds is 1. The first-order valence-corrected chi connectivity index (χ1v) is 30.0. The van der Waals surface area contributed by atoms with Gasteiger partial charge in [-0.15, -0.1) is 34.0 Å². The van der Waals surface area contributed by atoms with Gasteiger partial charge in [-0.25, -0.2) is 15.0 Å². The predicted octanol–water partition coefficient (Wildman–Crippen LogP) is 20.0. The van der Waals surface area contributed by atoms with Crippen LogP contribution in [0.4, 0.5) is 0 Å². The predicted molar refractivity (Wildman–Crippen MR) is 349 cm³/mol. The smallest absolute Gasteiger partial charge is 0.190 e. The van der Waals surface area contributed by atoms with E-state index < -0.39 is 0 Å². The summed E-state index contributed by atoms with van der Waals surface area (Å²) in [5.74, 6) is 3.40. The van der Waals surface area contributed by atoms with Crippen molar-refractivity contribution >= 4 is 45.5 Å². The third kappa shape index (κ3) is 41.1. The molecule has 0 fully saturated rings. The second-order valence-corrected chi connectivity index (χ2v) is 22.5. The van der Waals surface area contributed by atoms with Crippen molar-refractivity contribution in [3.8, 4) is 10.4 Å². The molecule has 13 aromatic heterocycles. The van der Waals surface area contributed by atoms with Crippen LogP contribution in [0.2, 0.25) is 0 Å². The van der Waals surface area contributed by atoms with Gasteiger partial charge in [-0.1, -0.05) is 45.8 Å². The second-order valence-electron chi connectivity index (χ2n) is 17.9. The molecule has 0 N–H and O–H groups in total. The molecule has 16 nitrogen and oxygen atoms in total. The van der Waals surface area contributed by atoms with E-state index in [0.29, 0.717) is 0 Å². The summed E-state index contributed by atoms with van der Waals surface area (Å²) in [5.41, 5.74) is 7.90. The minimum Gasteiger partial charge on any atom is -0.472 e. The molecule has 0 unspecified atom stereocenters. The first-order chi connectivity index (χ1) is 41.4. The standard InChI is InChI=1S/C11H10S.2C6H8S.C5H7N.2C5H6O.6C4H5NO.C4H5NS/c1-9-7-8-11(12-9)10-5-3-2-4-6-10;1-5-3-6(2)7-4-5;1-5-3-4-6(2)7-5;1-6-4-2-3-5-6;1-5-2-3-6-4-5;1-5-3-2-4-6-5;1-4-2-6-3-5-4;1-4-2-5-3-6-4;1-4-2-5-6-3-4;1-4-5-2-3-6-4;1-4-2-3-6-5-4;1-4-2-3-5-6-4;1-4-2-3-6-5-4/h2-8H,1H3;2*3-4H,1-2H3;2-5H,1H3;2*2-4H,1H3;7*2-3H,1H3. The van der Waals surface area contributed by atoms with E-state index in [1.54, 1.807) is 99.0 Å². The van der Waals surface area contributed by atoms with Gasteiger partial charge in [-0.3, -0.25) is 0 Å². The van der Waals surface area contributed by atoms with Crippen molar-refractivity contribution in [1.29, 1.82) is 0 Å². The molecule has 0 bridgehead atoms. The van der Waals surface area contributed by atoms with Gasteiger partial charge < -0.3 is 40.2 Å². The van der Waals surface area contributed by atoms with E-state index >= 15 is 0 Å². The number of oxazole rings is 3. The van der Waals surface area contributed by atoms with Gasteiger partial charge >= 0.3 is 0 Å². The lowest BCUT2D eigenvalue weighted by Gasteiger charge is -1.93. The molecule has 0 aliphatic heterocycles. The van der Waals surface area contributed by atoms with Crippen molar-refractivity contribution in [3.05, 3.63) is 290 Å². The van der Waals surface area contributed by atoms with E-state index in [-0.39, 0.29) is 0 Å². The number of aromatic nitrogens is 8. The molecule has 0 atom stereocenters. The number of furan rings is 2. The van der Waals surface area contributed by atoms with Gasteiger partial charge in [0.25, 0.3) is 0 Å². The summed E-state index contributed by atoms with van der Waals surface area (Å²) >= 11 is 6.98. The Labute approximate surface area is 522 Å². The Balaban J connectivity index is 0.000000320. The third-order valence-electron chi connectivity index (χ3n) is 9.54. The van der Waals surface area contributed by atoms with Crippen LogP contribution in [-0.2, 0) is 7.05 Å². The van der Waals surface area contributed by atoms with Gasteiger partial charge in [0, 0.05) is 73.8 Å². The molecule has 14 rings (SSSR count). The highest BCUT2D eigenvalue weighted by molar-refractivity contribution is 7.15. The van der Waals surface area contributed by atoms with Gasteiger partial charge in [0.05, 0.1) is 60.7 Å². The van der Waals surface area contributed by atoms with Gasteiger partial charge in [-0.2, -0.15) is 4.37 Å². The first kappa shape index (κ1) is 73.2.